The van der Waals surface area contributed by atoms with Gasteiger partial charge >= 0.3 is 5.97 Å². The smallest absolute Gasteiger partial charge is 0.308 e. The number of nitrogens with zero attached hydrogens (tertiary/aromatic N) is 3. The van der Waals surface area contributed by atoms with Gasteiger partial charge in [-0.1, -0.05) is 11.6 Å². The van der Waals surface area contributed by atoms with Crippen LogP contribution >= 0.6 is 11.6 Å². The molecule has 1 saturated heterocycles. The zero-order valence-corrected chi connectivity index (χ0v) is 20.5. The first-order chi connectivity index (χ1) is 17.0. The summed E-state index contributed by atoms with van der Waals surface area (Å²) in [6.07, 6.45) is 3.91. The summed E-state index contributed by atoms with van der Waals surface area (Å²) in [5.74, 6) is 1.10. The molecule has 0 spiro atoms. The molecular weight excluding hydrogens is 475 g/mol. The minimum atomic E-state index is -0.488. The number of esters is 1. The van der Waals surface area contributed by atoms with Crippen LogP contribution in [0.15, 0.2) is 36.7 Å². The van der Waals surface area contributed by atoms with Gasteiger partial charge in [0, 0.05) is 23.7 Å². The largest absolute Gasteiger partial charge is 0.493 e. The number of fused-ring (bicyclic) bond motifs is 1. The number of ether oxygens (including phenoxy) is 3. The van der Waals surface area contributed by atoms with Crippen molar-refractivity contribution in [2.24, 2.45) is 5.92 Å². The summed E-state index contributed by atoms with van der Waals surface area (Å²) in [6.45, 7) is 3.13. The van der Waals surface area contributed by atoms with Crippen molar-refractivity contribution in [3.8, 4) is 11.5 Å². The number of hydrogen-bond donors (Lipinski definition) is 1. The molecule has 1 aromatic heterocycles. The van der Waals surface area contributed by atoms with Gasteiger partial charge in [0.15, 0.2) is 11.5 Å². The Morgan fingerprint density at radius 2 is 1.97 bits per heavy atom. The average Bonchev–Trinajstić information content (AvgIpc) is 2.88. The van der Waals surface area contributed by atoms with Gasteiger partial charge in [-0.2, -0.15) is 0 Å². The number of carbonyl (C=O) groups is 1. The van der Waals surface area contributed by atoms with Gasteiger partial charge in [0.05, 0.1) is 37.3 Å². The highest BCUT2D eigenvalue weighted by atomic mass is 35.5. The van der Waals surface area contributed by atoms with Crippen LogP contribution in [0.4, 0.5) is 15.9 Å². The average molecular weight is 503 g/mol. The molecule has 3 aromatic rings. The fraction of sp³-hybridized carbons (Fsp3) is 0.400. The minimum Gasteiger partial charge on any atom is -0.493 e. The van der Waals surface area contributed by atoms with E-state index in [0.29, 0.717) is 35.1 Å². The van der Waals surface area contributed by atoms with Crippen molar-refractivity contribution in [1.82, 2.24) is 14.9 Å². The molecule has 10 heteroatoms. The van der Waals surface area contributed by atoms with E-state index in [-0.39, 0.29) is 16.9 Å². The van der Waals surface area contributed by atoms with Crippen molar-refractivity contribution in [3.05, 3.63) is 47.5 Å². The maximum Gasteiger partial charge on any atom is 0.308 e. The van der Waals surface area contributed by atoms with Crippen molar-refractivity contribution in [2.75, 3.05) is 45.8 Å². The van der Waals surface area contributed by atoms with E-state index in [2.05, 4.69) is 20.2 Å². The molecule has 0 aliphatic carbocycles. The second-order valence-corrected chi connectivity index (χ2v) is 8.74. The highest BCUT2D eigenvalue weighted by Gasteiger charge is 2.25. The Morgan fingerprint density at radius 1 is 1.17 bits per heavy atom. The number of carbonyl (C=O) groups excluding carboxylic acids is 1. The minimum absolute atomic E-state index is 0.00493. The highest BCUT2D eigenvalue weighted by molar-refractivity contribution is 6.31. The van der Waals surface area contributed by atoms with E-state index in [1.165, 1.54) is 25.6 Å². The van der Waals surface area contributed by atoms with Gasteiger partial charge in [0.25, 0.3) is 0 Å². The predicted molar refractivity (Wildman–Crippen MR) is 132 cm³/mol. The number of hydrogen-bond acceptors (Lipinski definition) is 8. The number of aromatic nitrogens is 2. The number of likely N-dealkylation sites (tertiary alicyclic amines) is 1. The number of halogens is 2. The fourth-order valence-corrected chi connectivity index (χ4v) is 4.36. The molecule has 8 nitrogen and oxygen atoms in total. The summed E-state index contributed by atoms with van der Waals surface area (Å²) < 4.78 is 29.9. The SMILES string of the molecule is COC(=O)C1CCN(CCCOc2cc3c(Nc4ccc(F)c(Cl)c4)ncnc3cc2OC)CC1. The van der Waals surface area contributed by atoms with Crippen molar-refractivity contribution in [2.45, 2.75) is 19.3 Å². The maximum atomic E-state index is 13.5. The van der Waals surface area contributed by atoms with Crippen LogP contribution in [0.5, 0.6) is 11.5 Å². The Bertz CT molecular complexity index is 1190. The van der Waals surface area contributed by atoms with Crippen LogP contribution in [-0.2, 0) is 9.53 Å². The molecule has 2 heterocycles. The summed E-state index contributed by atoms with van der Waals surface area (Å²) in [5, 5.41) is 3.92. The Kier molecular flexibility index (Phi) is 8.20. The topological polar surface area (TPSA) is 85.8 Å². The van der Waals surface area contributed by atoms with Gasteiger partial charge in [0.1, 0.15) is 18.0 Å². The first kappa shape index (κ1) is 24.9. The Morgan fingerprint density at radius 3 is 2.69 bits per heavy atom. The summed E-state index contributed by atoms with van der Waals surface area (Å²) in [5.41, 5.74) is 1.28. The monoisotopic (exact) mass is 502 g/mol. The third kappa shape index (κ3) is 6.10. The zero-order valence-electron chi connectivity index (χ0n) is 19.7. The maximum absolute atomic E-state index is 13.5. The van der Waals surface area contributed by atoms with Gasteiger partial charge in [-0.25, -0.2) is 14.4 Å². The summed E-state index contributed by atoms with van der Waals surface area (Å²) >= 11 is 5.91. The Hall–Kier alpha value is -3.17. The number of nitrogens with one attached hydrogen (secondary N) is 1. The Labute approximate surface area is 208 Å². The zero-order chi connectivity index (χ0) is 24.8. The molecular formula is C25H28ClFN4O4. The molecule has 0 amide bonds. The second kappa shape index (κ2) is 11.5. The van der Waals surface area contributed by atoms with Gasteiger partial charge < -0.3 is 24.4 Å². The standard InChI is InChI=1S/C25H28ClFN4O4/c1-33-22-14-21-18(24(29-15-28-21)30-17-4-5-20(27)19(26)12-17)13-23(22)35-11-3-8-31-9-6-16(7-10-31)25(32)34-2/h4-5,12-16H,3,6-11H2,1-2H3,(H,28,29,30). The van der Waals surface area contributed by atoms with Crippen LogP contribution in [0, 0.1) is 11.7 Å². The number of piperidine rings is 1. The van der Waals surface area contributed by atoms with E-state index in [1.807, 2.05) is 6.07 Å². The number of benzene rings is 2. The predicted octanol–water partition coefficient (Wildman–Crippen LogP) is 4.83. The molecule has 186 valence electrons. The molecule has 1 fully saturated rings. The van der Waals surface area contributed by atoms with Crippen molar-refractivity contribution >= 4 is 40.0 Å². The van der Waals surface area contributed by atoms with E-state index >= 15 is 0 Å². The highest BCUT2D eigenvalue weighted by Crippen LogP contribution is 2.35. The normalized spacial score (nSPS) is 14.6. The quantitative estimate of drug-likeness (QED) is 0.329. The lowest BCUT2D eigenvalue weighted by atomic mass is 9.97. The van der Waals surface area contributed by atoms with E-state index in [1.54, 1.807) is 19.2 Å². The molecule has 0 bridgehead atoms. The molecule has 1 N–H and O–H groups in total. The van der Waals surface area contributed by atoms with Crippen LogP contribution in [0.1, 0.15) is 19.3 Å². The molecule has 35 heavy (non-hydrogen) atoms. The summed E-state index contributed by atoms with van der Waals surface area (Å²) in [4.78, 5) is 22.7. The molecule has 1 aliphatic heterocycles. The Balaban J connectivity index is 1.40. The van der Waals surface area contributed by atoms with Gasteiger partial charge in [-0.3, -0.25) is 4.79 Å². The molecule has 1 aliphatic rings. The van der Waals surface area contributed by atoms with Gasteiger partial charge in [0.2, 0.25) is 0 Å². The second-order valence-electron chi connectivity index (χ2n) is 8.34. The van der Waals surface area contributed by atoms with E-state index in [0.717, 1.165) is 44.3 Å². The van der Waals surface area contributed by atoms with E-state index in [4.69, 9.17) is 25.8 Å². The van der Waals surface area contributed by atoms with Gasteiger partial charge in [-0.15, -0.1) is 0 Å². The fourth-order valence-electron chi connectivity index (χ4n) is 4.18. The lowest BCUT2D eigenvalue weighted by molar-refractivity contribution is -0.147. The molecule has 0 saturated carbocycles. The van der Waals surface area contributed by atoms with Crippen LogP contribution in [0.3, 0.4) is 0 Å². The third-order valence-corrected chi connectivity index (χ3v) is 6.39. The van der Waals surface area contributed by atoms with E-state index in [9.17, 15) is 9.18 Å². The van der Waals surface area contributed by atoms with Crippen LogP contribution in [0.2, 0.25) is 5.02 Å². The number of methoxy groups -OCH3 is 2. The molecule has 0 atom stereocenters. The molecule has 4 rings (SSSR count). The lowest BCUT2D eigenvalue weighted by Crippen LogP contribution is -2.37. The number of anilines is 2. The summed E-state index contributed by atoms with van der Waals surface area (Å²) in [7, 11) is 3.02. The summed E-state index contributed by atoms with van der Waals surface area (Å²) in [6, 6.07) is 8.02. The molecule has 0 unspecified atom stereocenters. The van der Waals surface area contributed by atoms with E-state index < -0.39 is 5.82 Å². The molecule has 0 radical (unpaired) electrons. The van der Waals surface area contributed by atoms with Crippen molar-refractivity contribution in [3.63, 3.8) is 0 Å². The third-order valence-electron chi connectivity index (χ3n) is 6.10. The van der Waals surface area contributed by atoms with Crippen LogP contribution in [-0.4, -0.2) is 61.3 Å². The first-order valence-corrected chi connectivity index (χ1v) is 11.8. The number of rotatable bonds is 9. The van der Waals surface area contributed by atoms with Crippen LogP contribution < -0.4 is 14.8 Å². The van der Waals surface area contributed by atoms with Crippen molar-refractivity contribution in [1.29, 1.82) is 0 Å². The lowest BCUT2D eigenvalue weighted by Gasteiger charge is -2.30. The van der Waals surface area contributed by atoms with Gasteiger partial charge in [-0.05, 0) is 56.6 Å². The van der Waals surface area contributed by atoms with Crippen LogP contribution in [0.25, 0.3) is 10.9 Å². The first-order valence-electron chi connectivity index (χ1n) is 11.5. The molecule has 2 aromatic carbocycles. The van der Waals surface area contributed by atoms with Crippen molar-refractivity contribution < 1.29 is 23.4 Å².